The highest BCUT2D eigenvalue weighted by Gasteiger charge is 2.19. The zero-order chi connectivity index (χ0) is 8.39. The maximum atomic E-state index is 10.4. The fourth-order valence-corrected chi connectivity index (χ4v) is 1.92. The Morgan fingerprint density at radius 2 is 2.25 bits per heavy atom. The standard InChI is InChI=1S/C8H8O3S/c9-4-6-3-7(12-5-6)8-10-1-2-11-8/h3-5,8H,1-2H2. The zero-order valence-electron chi connectivity index (χ0n) is 6.36. The van der Waals surface area contributed by atoms with Crippen LogP contribution in [0.4, 0.5) is 0 Å². The van der Waals surface area contributed by atoms with Crippen molar-refractivity contribution in [2.45, 2.75) is 6.29 Å². The second-order valence-corrected chi connectivity index (χ2v) is 3.42. The van der Waals surface area contributed by atoms with E-state index < -0.39 is 0 Å². The summed E-state index contributed by atoms with van der Waals surface area (Å²) in [7, 11) is 0. The van der Waals surface area contributed by atoms with Crippen LogP contribution in [0.2, 0.25) is 0 Å². The minimum atomic E-state index is -0.247. The number of rotatable bonds is 2. The minimum absolute atomic E-state index is 0.247. The van der Waals surface area contributed by atoms with E-state index >= 15 is 0 Å². The summed E-state index contributed by atoms with van der Waals surface area (Å²) in [5.41, 5.74) is 0.689. The van der Waals surface area contributed by atoms with Gasteiger partial charge in [-0.3, -0.25) is 4.79 Å². The van der Waals surface area contributed by atoms with Gasteiger partial charge in [-0.15, -0.1) is 11.3 Å². The van der Waals surface area contributed by atoms with Gasteiger partial charge in [0.05, 0.1) is 18.1 Å². The molecule has 0 aromatic carbocycles. The van der Waals surface area contributed by atoms with Gasteiger partial charge in [0.1, 0.15) is 0 Å². The van der Waals surface area contributed by atoms with Crippen LogP contribution in [-0.4, -0.2) is 19.5 Å². The van der Waals surface area contributed by atoms with Gasteiger partial charge in [-0.1, -0.05) is 0 Å². The SMILES string of the molecule is O=Cc1csc(C2OCCO2)c1. The lowest BCUT2D eigenvalue weighted by Crippen LogP contribution is -1.93. The fraction of sp³-hybridized carbons (Fsp3) is 0.375. The highest BCUT2D eigenvalue weighted by Crippen LogP contribution is 2.28. The van der Waals surface area contributed by atoms with Crippen LogP contribution in [0.3, 0.4) is 0 Å². The monoisotopic (exact) mass is 184 g/mol. The Bertz CT molecular complexity index is 276. The number of thiophene rings is 1. The van der Waals surface area contributed by atoms with Crippen molar-refractivity contribution in [2.24, 2.45) is 0 Å². The third-order valence-corrected chi connectivity index (χ3v) is 2.60. The molecule has 0 amide bonds. The maximum absolute atomic E-state index is 10.4. The molecule has 1 aromatic heterocycles. The molecule has 2 heterocycles. The lowest BCUT2D eigenvalue weighted by molar-refractivity contribution is -0.0413. The van der Waals surface area contributed by atoms with E-state index in [1.807, 2.05) is 0 Å². The molecule has 0 atom stereocenters. The molecular weight excluding hydrogens is 176 g/mol. The van der Waals surface area contributed by atoms with Crippen molar-refractivity contribution in [3.05, 3.63) is 21.9 Å². The van der Waals surface area contributed by atoms with Gasteiger partial charge in [-0.05, 0) is 6.07 Å². The summed E-state index contributed by atoms with van der Waals surface area (Å²) in [6.07, 6.45) is 0.582. The van der Waals surface area contributed by atoms with Gasteiger partial charge < -0.3 is 9.47 Å². The maximum Gasteiger partial charge on any atom is 0.193 e. The molecule has 3 nitrogen and oxygen atoms in total. The predicted octanol–water partition coefficient (Wildman–Crippen LogP) is 1.61. The van der Waals surface area contributed by atoms with Crippen molar-refractivity contribution in [3.63, 3.8) is 0 Å². The lowest BCUT2D eigenvalue weighted by Gasteiger charge is -2.03. The van der Waals surface area contributed by atoms with Gasteiger partial charge >= 0.3 is 0 Å². The van der Waals surface area contributed by atoms with E-state index in [1.54, 1.807) is 11.4 Å². The molecule has 0 spiro atoms. The average molecular weight is 184 g/mol. The van der Waals surface area contributed by atoms with Gasteiger partial charge in [0, 0.05) is 10.9 Å². The molecule has 0 unspecified atom stereocenters. The van der Waals surface area contributed by atoms with E-state index in [4.69, 9.17) is 9.47 Å². The van der Waals surface area contributed by atoms with E-state index in [9.17, 15) is 4.79 Å². The number of ether oxygens (including phenoxy) is 2. The Labute approximate surface area is 73.9 Å². The average Bonchev–Trinajstić information content (AvgIpc) is 2.75. The number of hydrogen-bond acceptors (Lipinski definition) is 4. The summed E-state index contributed by atoms with van der Waals surface area (Å²) in [5, 5.41) is 1.80. The molecular formula is C8H8O3S. The number of aldehydes is 1. The fourth-order valence-electron chi connectivity index (χ4n) is 1.08. The second-order valence-electron chi connectivity index (χ2n) is 2.47. The molecule has 1 aromatic rings. The van der Waals surface area contributed by atoms with E-state index in [-0.39, 0.29) is 6.29 Å². The molecule has 0 aliphatic carbocycles. The first-order valence-electron chi connectivity index (χ1n) is 3.67. The van der Waals surface area contributed by atoms with Gasteiger partial charge in [0.2, 0.25) is 0 Å². The van der Waals surface area contributed by atoms with Gasteiger partial charge in [0.25, 0.3) is 0 Å². The number of hydrogen-bond donors (Lipinski definition) is 0. The van der Waals surface area contributed by atoms with Gasteiger partial charge in [-0.25, -0.2) is 0 Å². The molecule has 1 fully saturated rings. The van der Waals surface area contributed by atoms with Gasteiger partial charge in [0.15, 0.2) is 12.6 Å². The van der Waals surface area contributed by atoms with Crippen molar-refractivity contribution < 1.29 is 14.3 Å². The van der Waals surface area contributed by atoms with E-state index in [0.717, 1.165) is 11.2 Å². The summed E-state index contributed by atoms with van der Waals surface area (Å²) < 4.78 is 10.5. The van der Waals surface area contributed by atoms with E-state index in [1.165, 1.54) is 11.3 Å². The molecule has 1 aliphatic heterocycles. The molecule has 1 aliphatic rings. The highest BCUT2D eigenvalue weighted by atomic mass is 32.1. The van der Waals surface area contributed by atoms with Gasteiger partial charge in [-0.2, -0.15) is 0 Å². The third-order valence-electron chi connectivity index (χ3n) is 1.63. The molecule has 0 N–H and O–H groups in total. The van der Waals surface area contributed by atoms with Crippen molar-refractivity contribution in [2.75, 3.05) is 13.2 Å². The number of carbonyl (C=O) groups excluding carboxylic acids is 1. The first-order valence-corrected chi connectivity index (χ1v) is 4.55. The molecule has 12 heavy (non-hydrogen) atoms. The largest absolute Gasteiger partial charge is 0.345 e. The first-order chi connectivity index (χ1) is 5.90. The van der Waals surface area contributed by atoms with Crippen molar-refractivity contribution in [3.8, 4) is 0 Å². The van der Waals surface area contributed by atoms with E-state index in [2.05, 4.69) is 0 Å². The Morgan fingerprint density at radius 1 is 1.50 bits per heavy atom. The van der Waals surface area contributed by atoms with Crippen LogP contribution in [0.5, 0.6) is 0 Å². The topological polar surface area (TPSA) is 35.5 Å². The Kier molecular flexibility index (Phi) is 2.21. The Morgan fingerprint density at radius 3 is 2.83 bits per heavy atom. The summed E-state index contributed by atoms with van der Waals surface area (Å²) in [6, 6.07) is 1.80. The zero-order valence-corrected chi connectivity index (χ0v) is 7.17. The molecule has 0 bridgehead atoms. The van der Waals surface area contributed by atoms with E-state index in [0.29, 0.717) is 18.8 Å². The molecule has 1 saturated heterocycles. The summed E-state index contributed by atoms with van der Waals surface area (Å²) in [6.45, 7) is 1.28. The van der Waals surface area contributed by atoms with Crippen molar-refractivity contribution in [1.82, 2.24) is 0 Å². The summed E-state index contributed by atoms with van der Waals surface area (Å²) >= 11 is 1.49. The lowest BCUT2D eigenvalue weighted by atomic mass is 10.3. The van der Waals surface area contributed by atoms with Crippen LogP contribution in [0.25, 0.3) is 0 Å². The molecule has 64 valence electrons. The van der Waals surface area contributed by atoms with Crippen LogP contribution >= 0.6 is 11.3 Å². The predicted molar refractivity (Wildman–Crippen MR) is 44.4 cm³/mol. The normalized spacial score (nSPS) is 18.3. The van der Waals surface area contributed by atoms with Crippen molar-refractivity contribution >= 4 is 17.6 Å². The highest BCUT2D eigenvalue weighted by molar-refractivity contribution is 7.10. The summed E-state index contributed by atoms with van der Waals surface area (Å²) in [5.74, 6) is 0. The van der Waals surface area contributed by atoms with Crippen LogP contribution in [0.15, 0.2) is 11.4 Å². The second kappa shape index (κ2) is 3.35. The van der Waals surface area contributed by atoms with Crippen molar-refractivity contribution in [1.29, 1.82) is 0 Å². The number of carbonyl (C=O) groups is 1. The van der Waals surface area contributed by atoms with Crippen LogP contribution < -0.4 is 0 Å². The Hall–Kier alpha value is -0.710. The smallest absolute Gasteiger partial charge is 0.193 e. The summed E-state index contributed by atoms with van der Waals surface area (Å²) in [4.78, 5) is 11.3. The first kappa shape index (κ1) is 7.91. The molecule has 4 heteroatoms. The molecule has 0 radical (unpaired) electrons. The quantitative estimate of drug-likeness (QED) is 0.655. The van der Waals surface area contributed by atoms with Crippen LogP contribution in [0.1, 0.15) is 21.5 Å². The van der Waals surface area contributed by atoms with Crippen LogP contribution in [-0.2, 0) is 9.47 Å². The minimum Gasteiger partial charge on any atom is -0.345 e. The molecule has 0 saturated carbocycles. The molecule has 2 rings (SSSR count). The Balaban J connectivity index is 2.16. The third kappa shape index (κ3) is 1.41. The van der Waals surface area contributed by atoms with Crippen LogP contribution in [0, 0.1) is 0 Å².